The van der Waals surface area contributed by atoms with Crippen LogP contribution >= 0.6 is 0 Å². The minimum Gasteiger partial charge on any atom is -0.352 e. The van der Waals surface area contributed by atoms with Crippen molar-refractivity contribution in [1.29, 1.82) is 0 Å². The minimum atomic E-state index is -0.713. The quantitative estimate of drug-likeness (QED) is 0.734. The second-order valence-corrected chi connectivity index (χ2v) is 9.16. The first kappa shape index (κ1) is 22.4. The molecule has 8 nitrogen and oxygen atoms in total. The Morgan fingerprint density at radius 2 is 1.75 bits per heavy atom. The van der Waals surface area contributed by atoms with Crippen molar-refractivity contribution in [3.8, 4) is 0 Å². The summed E-state index contributed by atoms with van der Waals surface area (Å²) < 4.78 is 0. The Morgan fingerprint density at radius 3 is 2.41 bits per heavy atom. The van der Waals surface area contributed by atoms with Gasteiger partial charge in [0.25, 0.3) is 5.91 Å². The van der Waals surface area contributed by atoms with Gasteiger partial charge in [-0.1, -0.05) is 37.5 Å². The standard InChI is InChI=1S/C24H35N5O3/c1-2-25-23(32)27-15-13-24(14-16-27)22(31)28(18-29(24)20-11-7-4-8-12-20)17-21(30)26-19-9-5-3-6-10-19/h4,7-8,11-12,19H,2-3,5-6,9-10,13-18H2,1H3,(H,25,32)(H,26,30). The van der Waals surface area contributed by atoms with Crippen LogP contribution in [0, 0.1) is 0 Å². The Hall–Kier alpha value is -2.77. The average molecular weight is 442 g/mol. The molecule has 2 aliphatic heterocycles. The highest BCUT2D eigenvalue weighted by atomic mass is 16.2. The number of rotatable bonds is 5. The number of piperidine rings is 1. The number of nitrogens with one attached hydrogen (secondary N) is 2. The van der Waals surface area contributed by atoms with Crippen LogP contribution < -0.4 is 15.5 Å². The van der Waals surface area contributed by atoms with Gasteiger partial charge in [0.2, 0.25) is 5.91 Å². The zero-order valence-corrected chi connectivity index (χ0v) is 19.0. The molecule has 8 heteroatoms. The van der Waals surface area contributed by atoms with Gasteiger partial charge >= 0.3 is 6.03 Å². The summed E-state index contributed by atoms with van der Waals surface area (Å²) in [5.74, 6) is -0.0780. The number of para-hydroxylation sites is 1. The minimum absolute atomic E-state index is 0.00398. The number of hydrogen-bond acceptors (Lipinski definition) is 4. The van der Waals surface area contributed by atoms with Gasteiger partial charge in [0.15, 0.2) is 0 Å². The Balaban J connectivity index is 1.48. The lowest BCUT2D eigenvalue weighted by Gasteiger charge is -2.43. The molecule has 3 fully saturated rings. The van der Waals surface area contributed by atoms with Crippen LogP contribution in [0.3, 0.4) is 0 Å². The Kier molecular flexibility index (Phi) is 6.86. The summed E-state index contributed by atoms with van der Waals surface area (Å²) in [5, 5.41) is 5.98. The molecule has 3 aliphatic rings. The van der Waals surface area contributed by atoms with Crippen LogP contribution in [0.5, 0.6) is 0 Å². The first-order chi connectivity index (χ1) is 15.5. The molecule has 4 rings (SSSR count). The highest BCUT2D eigenvalue weighted by Crippen LogP contribution is 2.39. The molecular weight excluding hydrogens is 406 g/mol. The molecule has 0 radical (unpaired) electrons. The second kappa shape index (κ2) is 9.79. The van der Waals surface area contributed by atoms with Crippen molar-refractivity contribution in [2.24, 2.45) is 0 Å². The molecular formula is C24H35N5O3. The maximum absolute atomic E-state index is 13.7. The van der Waals surface area contributed by atoms with Crippen molar-refractivity contribution in [2.45, 2.75) is 63.5 Å². The number of benzene rings is 1. The number of anilines is 1. The maximum Gasteiger partial charge on any atom is 0.317 e. The first-order valence-corrected chi connectivity index (χ1v) is 12.0. The number of nitrogens with zero attached hydrogens (tertiary/aromatic N) is 3. The van der Waals surface area contributed by atoms with Crippen molar-refractivity contribution in [3.05, 3.63) is 30.3 Å². The summed E-state index contributed by atoms with van der Waals surface area (Å²) in [6.45, 7) is 3.99. The van der Waals surface area contributed by atoms with Crippen LogP contribution in [0.2, 0.25) is 0 Å². The topological polar surface area (TPSA) is 85.0 Å². The van der Waals surface area contributed by atoms with Crippen molar-refractivity contribution < 1.29 is 14.4 Å². The van der Waals surface area contributed by atoms with Crippen molar-refractivity contribution in [1.82, 2.24) is 20.4 Å². The van der Waals surface area contributed by atoms with E-state index in [9.17, 15) is 14.4 Å². The number of carbonyl (C=O) groups excluding carboxylic acids is 3. The molecule has 2 N–H and O–H groups in total. The average Bonchev–Trinajstić information content (AvgIpc) is 3.07. The van der Waals surface area contributed by atoms with Crippen LogP contribution in [-0.2, 0) is 9.59 Å². The molecule has 0 bridgehead atoms. The molecule has 1 aliphatic carbocycles. The van der Waals surface area contributed by atoms with Crippen LogP contribution in [0.1, 0.15) is 51.9 Å². The fraction of sp³-hybridized carbons (Fsp3) is 0.625. The highest BCUT2D eigenvalue weighted by molar-refractivity contribution is 5.96. The number of hydrogen-bond donors (Lipinski definition) is 2. The third kappa shape index (κ3) is 4.54. The summed E-state index contributed by atoms with van der Waals surface area (Å²) in [6, 6.07) is 10.1. The van der Waals surface area contributed by atoms with Crippen LogP contribution in [0.4, 0.5) is 10.5 Å². The van der Waals surface area contributed by atoms with Crippen molar-refractivity contribution in [2.75, 3.05) is 37.7 Å². The second-order valence-electron chi connectivity index (χ2n) is 9.16. The van der Waals surface area contributed by atoms with Crippen molar-refractivity contribution in [3.63, 3.8) is 0 Å². The van der Waals surface area contributed by atoms with E-state index < -0.39 is 5.54 Å². The van der Waals surface area contributed by atoms with Gasteiger partial charge in [0.05, 0.1) is 6.67 Å². The molecule has 1 aromatic carbocycles. The Bertz CT molecular complexity index is 816. The summed E-state index contributed by atoms with van der Waals surface area (Å²) in [6.07, 6.45) is 6.70. The van der Waals surface area contributed by atoms with Gasteiger partial charge in [-0.25, -0.2) is 4.79 Å². The van der Waals surface area contributed by atoms with Gasteiger partial charge in [0.1, 0.15) is 12.1 Å². The third-order valence-corrected chi connectivity index (χ3v) is 7.09. The van der Waals surface area contributed by atoms with E-state index in [4.69, 9.17) is 0 Å². The number of likely N-dealkylation sites (tertiary alicyclic amines) is 1. The summed E-state index contributed by atoms with van der Waals surface area (Å²) >= 11 is 0. The maximum atomic E-state index is 13.7. The largest absolute Gasteiger partial charge is 0.352 e. The van der Waals surface area contributed by atoms with Crippen LogP contribution in [-0.4, -0.2) is 72.1 Å². The van der Waals surface area contributed by atoms with E-state index in [0.29, 0.717) is 39.1 Å². The molecule has 0 aromatic heterocycles. The predicted octanol–water partition coefficient (Wildman–Crippen LogP) is 2.31. The van der Waals surface area contributed by atoms with E-state index >= 15 is 0 Å². The molecule has 4 amide bonds. The lowest BCUT2D eigenvalue weighted by Crippen LogP contribution is -2.58. The summed E-state index contributed by atoms with van der Waals surface area (Å²) in [5.41, 5.74) is 0.262. The normalized spacial score (nSPS) is 21.2. The molecule has 2 heterocycles. The fourth-order valence-corrected chi connectivity index (χ4v) is 5.36. The van der Waals surface area contributed by atoms with E-state index in [1.54, 1.807) is 9.80 Å². The van der Waals surface area contributed by atoms with E-state index in [1.807, 2.05) is 37.3 Å². The molecule has 174 valence electrons. The third-order valence-electron chi connectivity index (χ3n) is 7.09. The van der Waals surface area contributed by atoms with E-state index in [1.165, 1.54) is 6.42 Å². The number of urea groups is 1. The summed E-state index contributed by atoms with van der Waals surface area (Å²) in [4.78, 5) is 44.3. The van der Waals surface area contributed by atoms with E-state index in [-0.39, 0.29) is 30.4 Å². The van der Waals surface area contributed by atoms with Gasteiger partial charge in [-0.2, -0.15) is 0 Å². The lowest BCUT2D eigenvalue weighted by molar-refractivity contribution is -0.137. The van der Waals surface area contributed by atoms with Crippen LogP contribution in [0.15, 0.2) is 30.3 Å². The van der Waals surface area contributed by atoms with Gasteiger partial charge in [-0.3, -0.25) is 9.59 Å². The molecule has 2 saturated heterocycles. The predicted molar refractivity (Wildman–Crippen MR) is 123 cm³/mol. The number of amides is 4. The molecule has 1 aromatic rings. The van der Waals surface area contributed by atoms with Crippen molar-refractivity contribution >= 4 is 23.5 Å². The zero-order chi connectivity index (χ0) is 22.6. The number of carbonyl (C=O) groups is 3. The van der Waals surface area contributed by atoms with Crippen LogP contribution in [0.25, 0.3) is 0 Å². The van der Waals surface area contributed by atoms with Gasteiger partial charge in [-0.05, 0) is 44.7 Å². The van der Waals surface area contributed by atoms with Gasteiger partial charge < -0.3 is 25.3 Å². The molecule has 1 spiro atoms. The van der Waals surface area contributed by atoms with E-state index in [0.717, 1.165) is 31.4 Å². The molecule has 0 atom stereocenters. The SMILES string of the molecule is CCNC(=O)N1CCC2(CC1)C(=O)N(CC(=O)NC1CCCCC1)CN2c1ccccc1. The highest BCUT2D eigenvalue weighted by Gasteiger charge is 2.54. The Morgan fingerprint density at radius 1 is 1.06 bits per heavy atom. The van der Waals surface area contributed by atoms with Gasteiger partial charge in [-0.15, -0.1) is 0 Å². The zero-order valence-electron chi connectivity index (χ0n) is 19.0. The Labute approximate surface area is 190 Å². The first-order valence-electron chi connectivity index (χ1n) is 12.0. The molecule has 1 saturated carbocycles. The molecule has 32 heavy (non-hydrogen) atoms. The fourth-order valence-electron chi connectivity index (χ4n) is 5.36. The monoisotopic (exact) mass is 441 g/mol. The smallest absolute Gasteiger partial charge is 0.317 e. The van der Waals surface area contributed by atoms with E-state index in [2.05, 4.69) is 15.5 Å². The molecule has 0 unspecified atom stereocenters. The van der Waals surface area contributed by atoms with Gasteiger partial charge in [0, 0.05) is 31.4 Å². The lowest BCUT2D eigenvalue weighted by atomic mass is 9.85. The summed E-state index contributed by atoms with van der Waals surface area (Å²) in [7, 11) is 0.